The van der Waals surface area contributed by atoms with E-state index in [9.17, 15) is 0 Å². The van der Waals surface area contributed by atoms with Crippen LogP contribution < -0.4 is 5.19 Å². The van der Waals surface area contributed by atoms with Crippen LogP contribution in [0.4, 0.5) is 0 Å². The average Bonchev–Trinajstić information content (AvgIpc) is 2.04. The topological polar surface area (TPSA) is 0 Å². The van der Waals surface area contributed by atoms with Gasteiger partial charge in [0.05, 0.1) is 0 Å². The second kappa shape index (κ2) is 4.36. The summed E-state index contributed by atoms with van der Waals surface area (Å²) in [6.45, 7) is 0. The Balaban J connectivity index is 3.02. The Morgan fingerprint density at radius 1 is 1.18 bits per heavy atom. The normalized spacial score (nSPS) is 10.5. The molecule has 0 fully saturated rings. The minimum absolute atomic E-state index is 0.485. The van der Waals surface area contributed by atoms with Gasteiger partial charge in [-0.2, -0.15) is 0 Å². The van der Waals surface area contributed by atoms with Crippen molar-refractivity contribution in [3.63, 3.8) is 0 Å². The summed E-state index contributed by atoms with van der Waals surface area (Å²) < 4.78 is 0. The smallest absolute Gasteiger partial charge is 0.144 e. The molecule has 0 saturated carbocycles. The summed E-state index contributed by atoms with van der Waals surface area (Å²) in [5, 5.41) is 1.03. The molecule has 11 heavy (non-hydrogen) atoms. The maximum absolute atomic E-state index is 5.83. The van der Waals surface area contributed by atoms with Gasteiger partial charge in [-0.3, -0.25) is 0 Å². The fourth-order valence-electron chi connectivity index (χ4n) is 0.869. The molecule has 0 amide bonds. The van der Waals surface area contributed by atoms with Crippen molar-refractivity contribution < 1.29 is 0 Å². The molecule has 0 atom stereocenters. The second-order valence-corrected chi connectivity index (χ2v) is 6.91. The van der Waals surface area contributed by atoms with Gasteiger partial charge in [0.2, 0.25) is 0 Å². The van der Waals surface area contributed by atoms with Crippen LogP contribution in [0.2, 0.25) is 0 Å². The van der Waals surface area contributed by atoms with E-state index in [1.807, 2.05) is 24.3 Å². The van der Waals surface area contributed by atoms with Gasteiger partial charge < -0.3 is 0 Å². The third kappa shape index (κ3) is 2.37. The van der Waals surface area contributed by atoms with Crippen LogP contribution in [0.3, 0.4) is 0 Å². The monoisotopic (exact) mass is 224 g/mol. The molecular weight excluding hydrogens is 219 g/mol. The van der Waals surface area contributed by atoms with Gasteiger partial charge in [-0.25, -0.2) is 0 Å². The maximum atomic E-state index is 5.83. The number of alkyl halides is 1. The van der Waals surface area contributed by atoms with Gasteiger partial charge in [0.1, 0.15) is 0 Å². The van der Waals surface area contributed by atoms with Crippen molar-refractivity contribution in [2.24, 2.45) is 0 Å². The van der Waals surface area contributed by atoms with E-state index in [2.05, 4.69) is 0 Å². The number of hydrogen-bond donors (Lipinski definition) is 0. The van der Waals surface area contributed by atoms with Crippen LogP contribution in [-0.2, 0) is 5.88 Å². The molecular formula is C7H7Cl3Si. The summed E-state index contributed by atoms with van der Waals surface area (Å²) in [5.41, 5.74) is 1.05. The second-order valence-electron chi connectivity index (χ2n) is 2.13. The third-order valence-electron chi connectivity index (χ3n) is 1.43. The Kier molecular flexibility index (Phi) is 3.73. The van der Waals surface area contributed by atoms with Gasteiger partial charge in [-0.15, -0.1) is 33.8 Å². The van der Waals surface area contributed by atoms with Crippen molar-refractivity contribution >= 4 is 46.4 Å². The molecule has 1 rings (SSSR count). The molecule has 0 spiro atoms. The molecule has 0 aliphatic carbocycles. The lowest BCUT2D eigenvalue weighted by atomic mass is 10.2. The van der Waals surface area contributed by atoms with E-state index in [1.54, 1.807) is 0 Å². The van der Waals surface area contributed by atoms with Crippen molar-refractivity contribution in [1.29, 1.82) is 0 Å². The summed E-state index contributed by atoms with van der Waals surface area (Å²) >= 11 is 17.3. The molecule has 0 saturated heterocycles. The SMILES string of the molecule is ClCc1ccccc1[SiH](Cl)Cl. The lowest BCUT2D eigenvalue weighted by molar-refractivity contribution is 1.44. The van der Waals surface area contributed by atoms with Gasteiger partial charge in [-0.05, 0) is 10.8 Å². The van der Waals surface area contributed by atoms with E-state index >= 15 is 0 Å². The van der Waals surface area contributed by atoms with E-state index in [1.165, 1.54) is 0 Å². The zero-order chi connectivity index (χ0) is 8.27. The third-order valence-corrected chi connectivity index (χ3v) is 4.17. The van der Waals surface area contributed by atoms with E-state index < -0.39 is 7.42 Å². The minimum atomic E-state index is -1.73. The lowest BCUT2D eigenvalue weighted by Crippen LogP contribution is -2.21. The van der Waals surface area contributed by atoms with Gasteiger partial charge in [0.15, 0.2) is 0 Å². The summed E-state index contributed by atoms with van der Waals surface area (Å²) in [5.74, 6) is 0.485. The molecule has 0 aliphatic heterocycles. The van der Waals surface area contributed by atoms with Crippen molar-refractivity contribution in [2.75, 3.05) is 0 Å². The Morgan fingerprint density at radius 2 is 1.82 bits per heavy atom. The molecule has 0 N–H and O–H groups in total. The first-order chi connectivity index (χ1) is 5.25. The summed E-state index contributed by atoms with van der Waals surface area (Å²) in [4.78, 5) is 0. The van der Waals surface area contributed by atoms with E-state index in [-0.39, 0.29) is 0 Å². The largest absolute Gasteiger partial charge is 0.266 e. The van der Waals surface area contributed by atoms with Crippen LogP contribution in [0.15, 0.2) is 24.3 Å². The highest BCUT2D eigenvalue weighted by molar-refractivity contribution is 7.39. The number of hydrogen-bond acceptors (Lipinski definition) is 0. The molecule has 0 radical (unpaired) electrons. The van der Waals surface area contributed by atoms with Crippen LogP contribution >= 0.6 is 33.8 Å². The molecule has 0 unspecified atom stereocenters. The number of rotatable bonds is 2. The van der Waals surface area contributed by atoms with Gasteiger partial charge in [0, 0.05) is 5.88 Å². The Morgan fingerprint density at radius 3 is 2.27 bits per heavy atom. The highest BCUT2D eigenvalue weighted by Crippen LogP contribution is 2.05. The minimum Gasteiger partial charge on any atom is -0.144 e. The first kappa shape index (κ1) is 9.40. The van der Waals surface area contributed by atoms with Crippen molar-refractivity contribution in [2.45, 2.75) is 5.88 Å². The van der Waals surface area contributed by atoms with E-state index in [0.29, 0.717) is 5.88 Å². The van der Waals surface area contributed by atoms with Crippen LogP contribution in [-0.4, -0.2) is 7.42 Å². The number of benzene rings is 1. The average molecular weight is 226 g/mol. The van der Waals surface area contributed by atoms with Crippen LogP contribution in [0.25, 0.3) is 0 Å². The Labute approximate surface area is 82.1 Å². The quantitative estimate of drug-likeness (QED) is 0.412. The molecule has 4 heteroatoms. The molecule has 60 valence electrons. The Hall–Kier alpha value is 0.307. The Bertz CT molecular complexity index is 237. The molecule has 1 aromatic carbocycles. The fourth-order valence-corrected chi connectivity index (χ4v) is 3.25. The van der Waals surface area contributed by atoms with Gasteiger partial charge in [-0.1, -0.05) is 24.3 Å². The zero-order valence-corrected chi connectivity index (χ0v) is 9.15. The molecule has 0 aliphatic rings. The van der Waals surface area contributed by atoms with Crippen molar-refractivity contribution in [1.82, 2.24) is 0 Å². The fraction of sp³-hybridized carbons (Fsp3) is 0.143. The predicted molar refractivity (Wildman–Crippen MR) is 54.5 cm³/mol. The van der Waals surface area contributed by atoms with Crippen LogP contribution in [0, 0.1) is 0 Å². The molecule has 1 aromatic rings. The molecule has 0 aromatic heterocycles. The standard InChI is InChI=1S/C7H7Cl3Si/c8-5-6-3-1-2-4-7(6)11(9)10/h1-4,11H,5H2. The van der Waals surface area contributed by atoms with Crippen molar-refractivity contribution in [3.8, 4) is 0 Å². The summed E-state index contributed by atoms with van der Waals surface area (Å²) in [6.07, 6.45) is 0. The van der Waals surface area contributed by atoms with Crippen molar-refractivity contribution in [3.05, 3.63) is 29.8 Å². The molecule has 0 bridgehead atoms. The maximum Gasteiger partial charge on any atom is 0.266 e. The summed E-state index contributed by atoms with van der Waals surface area (Å²) in [7, 11) is -1.73. The van der Waals surface area contributed by atoms with Crippen LogP contribution in [0.1, 0.15) is 5.56 Å². The van der Waals surface area contributed by atoms with E-state index in [0.717, 1.165) is 10.8 Å². The highest BCUT2D eigenvalue weighted by atomic mass is 35.7. The summed E-state index contributed by atoms with van der Waals surface area (Å²) in [6, 6.07) is 7.75. The first-order valence-electron chi connectivity index (χ1n) is 3.17. The predicted octanol–water partition coefficient (Wildman–Crippen LogP) is 2.33. The lowest BCUT2D eigenvalue weighted by Gasteiger charge is -2.04. The molecule has 0 heterocycles. The highest BCUT2D eigenvalue weighted by Gasteiger charge is 2.09. The van der Waals surface area contributed by atoms with Gasteiger partial charge >= 0.3 is 0 Å². The number of halogens is 3. The first-order valence-corrected chi connectivity index (χ1v) is 7.78. The van der Waals surface area contributed by atoms with Gasteiger partial charge in [0.25, 0.3) is 7.42 Å². The van der Waals surface area contributed by atoms with E-state index in [4.69, 9.17) is 33.8 Å². The van der Waals surface area contributed by atoms with Crippen LogP contribution in [0.5, 0.6) is 0 Å². The zero-order valence-electron chi connectivity index (χ0n) is 5.73. The molecule has 0 nitrogen and oxygen atoms in total.